The molecule has 1 atom stereocenters. The largest absolute Gasteiger partial charge is 0.299 e. The minimum atomic E-state index is -0.134. The van der Waals surface area contributed by atoms with Crippen LogP contribution in [0.25, 0.3) is 0 Å². The molecule has 1 aromatic rings. The molecule has 5 heteroatoms. The molecule has 0 saturated carbocycles. The van der Waals surface area contributed by atoms with Crippen molar-refractivity contribution >= 4 is 11.8 Å². The Balaban J connectivity index is 2.39. The molecule has 4 nitrogen and oxygen atoms in total. The van der Waals surface area contributed by atoms with Crippen molar-refractivity contribution in [3.05, 3.63) is 18.6 Å². The first-order valence-electron chi connectivity index (χ1n) is 4.77. The van der Waals surface area contributed by atoms with Crippen molar-refractivity contribution in [1.82, 2.24) is 15.3 Å². The number of hydrogen-bond donors (Lipinski definition) is 1. The van der Waals surface area contributed by atoms with E-state index < -0.39 is 0 Å². The Morgan fingerprint density at radius 2 is 2.40 bits per heavy atom. The van der Waals surface area contributed by atoms with Gasteiger partial charge in [0.2, 0.25) is 0 Å². The first-order chi connectivity index (χ1) is 7.22. The Labute approximate surface area is 94.1 Å². The molecule has 0 amide bonds. The molecular formula is C10H14N4S. The lowest BCUT2D eigenvalue weighted by Crippen LogP contribution is -2.35. The Kier molecular flexibility index (Phi) is 5.08. The van der Waals surface area contributed by atoms with Gasteiger partial charge in [-0.05, 0) is 19.9 Å². The third kappa shape index (κ3) is 4.77. The van der Waals surface area contributed by atoms with Crippen LogP contribution in [-0.2, 0) is 0 Å². The molecule has 1 unspecified atom stereocenters. The first kappa shape index (κ1) is 12.0. The summed E-state index contributed by atoms with van der Waals surface area (Å²) in [6, 6.07) is 4.26. The van der Waals surface area contributed by atoms with Gasteiger partial charge < -0.3 is 0 Å². The molecule has 0 aromatic carbocycles. The molecule has 80 valence electrons. The first-order valence-corrected chi connectivity index (χ1v) is 5.75. The summed E-state index contributed by atoms with van der Waals surface area (Å²) < 4.78 is 0. The van der Waals surface area contributed by atoms with Gasteiger partial charge in [-0.3, -0.25) is 5.32 Å². The summed E-state index contributed by atoms with van der Waals surface area (Å²) in [5.74, 6) is 0.700. The van der Waals surface area contributed by atoms with Gasteiger partial charge in [-0.1, -0.05) is 0 Å². The molecule has 1 N–H and O–H groups in total. The second-order valence-electron chi connectivity index (χ2n) is 3.36. The van der Waals surface area contributed by atoms with Gasteiger partial charge >= 0.3 is 0 Å². The highest BCUT2D eigenvalue weighted by Crippen LogP contribution is 2.14. The smallest absolute Gasteiger partial charge is 0.116 e. The fourth-order valence-electron chi connectivity index (χ4n) is 1.06. The maximum Gasteiger partial charge on any atom is 0.116 e. The number of aromatic nitrogens is 2. The minimum absolute atomic E-state index is 0.134. The number of nitrogens with zero attached hydrogens (tertiary/aromatic N) is 3. The zero-order valence-electron chi connectivity index (χ0n) is 8.84. The molecule has 0 aliphatic heterocycles. The molecule has 0 fully saturated rings. The summed E-state index contributed by atoms with van der Waals surface area (Å²) in [6.07, 6.45) is 3.21. The highest BCUT2D eigenvalue weighted by atomic mass is 32.2. The highest BCUT2D eigenvalue weighted by Gasteiger charge is 2.09. The molecule has 0 bridgehead atoms. The van der Waals surface area contributed by atoms with Crippen LogP contribution in [0, 0.1) is 11.3 Å². The third-order valence-electron chi connectivity index (χ3n) is 1.64. The van der Waals surface area contributed by atoms with Gasteiger partial charge in [0, 0.05) is 18.0 Å². The molecule has 0 aliphatic carbocycles. The second-order valence-corrected chi connectivity index (χ2v) is 4.40. The fourth-order valence-corrected chi connectivity index (χ4v) is 1.84. The maximum absolute atomic E-state index is 8.89. The molecular weight excluding hydrogens is 208 g/mol. The Bertz CT molecular complexity index is 320. The quantitative estimate of drug-likeness (QED) is 0.603. The van der Waals surface area contributed by atoms with Crippen LogP contribution >= 0.6 is 11.8 Å². The van der Waals surface area contributed by atoms with Crippen molar-refractivity contribution in [1.29, 1.82) is 5.26 Å². The van der Waals surface area contributed by atoms with E-state index in [1.54, 1.807) is 18.0 Å². The van der Waals surface area contributed by atoms with Crippen LogP contribution in [0.4, 0.5) is 0 Å². The van der Waals surface area contributed by atoms with Crippen LogP contribution < -0.4 is 5.32 Å². The number of rotatable bonds is 5. The molecule has 0 radical (unpaired) electrons. The van der Waals surface area contributed by atoms with E-state index in [9.17, 15) is 0 Å². The number of hydrogen-bond acceptors (Lipinski definition) is 5. The van der Waals surface area contributed by atoms with Crippen LogP contribution in [0.2, 0.25) is 0 Å². The van der Waals surface area contributed by atoms with Gasteiger partial charge in [-0.15, -0.1) is 11.8 Å². The molecule has 1 aromatic heterocycles. The normalized spacial score (nSPS) is 12.4. The molecule has 1 heterocycles. The third-order valence-corrected chi connectivity index (χ3v) is 2.68. The van der Waals surface area contributed by atoms with Crippen molar-refractivity contribution in [2.24, 2.45) is 0 Å². The lowest BCUT2D eigenvalue weighted by molar-refractivity contribution is 0.560. The van der Waals surface area contributed by atoms with Crippen LogP contribution in [0.15, 0.2) is 23.6 Å². The van der Waals surface area contributed by atoms with Gasteiger partial charge in [-0.25, -0.2) is 9.97 Å². The van der Waals surface area contributed by atoms with E-state index in [1.165, 1.54) is 6.33 Å². The number of nitriles is 1. The predicted molar refractivity (Wildman–Crippen MR) is 60.4 cm³/mol. The molecule has 0 saturated heterocycles. The van der Waals surface area contributed by atoms with Gasteiger partial charge in [0.25, 0.3) is 0 Å². The van der Waals surface area contributed by atoms with Crippen LogP contribution in [-0.4, -0.2) is 27.8 Å². The molecule has 15 heavy (non-hydrogen) atoms. The summed E-state index contributed by atoms with van der Waals surface area (Å²) in [4.78, 5) is 7.91. The summed E-state index contributed by atoms with van der Waals surface area (Å²) in [5, 5.41) is 13.0. The van der Waals surface area contributed by atoms with E-state index in [0.29, 0.717) is 11.8 Å². The standard InChI is InChI=1S/C10H14N4S/c1-8(2)14-9(5-11)6-15-10-3-4-12-7-13-10/h3-4,7-9,14H,6H2,1-2H3. The highest BCUT2D eigenvalue weighted by molar-refractivity contribution is 7.99. The zero-order chi connectivity index (χ0) is 11.1. The predicted octanol–water partition coefficient (Wildman–Crippen LogP) is 1.46. The fraction of sp³-hybridized carbons (Fsp3) is 0.500. The maximum atomic E-state index is 8.89. The topological polar surface area (TPSA) is 61.6 Å². The van der Waals surface area contributed by atoms with E-state index in [1.807, 2.05) is 19.9 Å². The summed E-state index contributed by atoms with van der Waals surface area (Å²) in [7, 11) is 0. The Hall–Kier alpha value is -1.12. The van der Waals surface area contributed by atoms with Crippen LogP contribution in [0.5, 0.6) is 0 Å². The van der Waals surface area contributed by atoms with Crippen molar-refractivity contribution in [3.63, 3.8) is 0 Å². The molecule has 0 spiro atoms. The van der Waals surface area contributed by atoms with Crippen molar-refractivity contribution in [3.8, 4) is 6.07 Å². The lowest BCUT2D eigenvalue weighted by atomic mass is 10.3. The summed E-state index contributed by atoms with van der Waals surface area (Å²) in [6.45, 7) is 4.05. The van der Waals surface area contributed by atoms with Crippen molar-refractivity contribution < 1.29 is 0 Å². The van der Waals surface area contributed by atoms with Gasteiger partial charge in [0.05, 0.1) is 11.1 Å². The van der Waals surface area contributed by atoms with E-state index in [2.05, 4.69) is 21.4 Å². The van der Waals surface area contributed by atoms with E-state index >= 15 is 0 Å². The SMILES string of the molecule is CC(C)NC(C#N)CSc1ccncn1. The van der Waals surface area contributed by atoms with Gasteiger partial charge in [-0.2, -0.15) is 5.26 Å². The summed E-state index contributed by atoms with van der Waals surface area (Å²) in [5.41, 5.74) is 0. The average Bonchev–Trinajstić information content (AvgIpc) is 2.25. The van der Waals surface area contributed by atoms with Crippen LogP contribution in [0.3, 0.4) is 0 Å². The minimum Gasteiger partial charge on any atom is -0.299 e. The second kappa shape index (κ2) is 6.38. The van der Waals surface area contributed by atoms with E-state index in [4.69, 9.17) is 5.26 Å². The lowest BCUT2D eigenvalue weighted by Gasteiger charge is -2.13. The van der Waals surface area contributed by atoms with Gasteiger partial charge in [0.1, 0.15) is 12.4 Å². The van der Waals surface area contributed by atoms with Gasteiger partial charge in [0.15, 0.2) is 0 Å². The Morgan fingerprint density at radius 1 is 1.60 bits per heavy atom. The zero-order valence-corrected chi connectivity index (χ0v) is 9.66. The molecule has 1 rings (SSSR count). The average molecular weight is 222 g/mol. The molecule has 0 aliphatic rings. The number of nitrogens with one attached hydrogen (secondary N) is 1. The Morgan fingerprint density at radius 3 is 2.93 bits per heavy atom. The van der Waals surface area contributed by atoms with E-state index in [0.717, 1.165) is 5.03 Å². The van der Waals surface area contributed by atoms with Crippen molar-refractivity contribution in [2.75, 3.05) is 5.75 Å². The summed E-state index contributed by atoms with van der Waals surface area (Å²) >= 11 is 1.56. The van der Waals surface area contributed by atoms with E-state index in [-0.39, 0.29) is 6.04 Å². The van der Waals surface area contributed by atoms with Crippen molar-refractivity contribution in [2.45, 2.75) is 31.0 Å². The number of thioether (sulfide) groups is 1. The van der Waals surface area contributed by atoms with Crippen LogP contribution in [0.1, 0.15) is 13.8 Å². The monoisotopic (exact) mass is 222 g/mol.